The monoisotopic (exact) mass is 252 g/mol. The smallest absolute Gasteiger partial charge is 0.247 e. The van der Waals surface area contributed by atoms with E-state index in [0.29, 0.717) is 0 Å². The molecular formula is C13H17FN2O2. The minimum Gasteiger partial charge on any atom is -0.317 e. The molecule has 0 radical (unpaired) electrons. The molecule has 2 rings (SSSR count). The second-order valence-electron chi connectivity index (χ2n) is 4.40. The number of rotatable bonds is 4. The number of hydroxylamine groups is 1. The third-order valence-electron chi connectivity index (χ3n) is 2.90. The third kappa shape index (κ3) is 4.09. The SMILES string of the molecule is O=C(Cc1ccc(F)cc1)NOC1CCNCC1. The van der Waals surface area contributed by atoms with E-state index in [1.807, 2.05) is 0 Å². The van der Waals surface area contributed by atoms with E-state index >= 15 is 0 Å². The van der Waals surface area contributed by atoms with Crippen LogP contribution in [0.15, 0.2) is 24.3 Å². The van der Waals surface area contributed by atoms with Gasteiger partial charge < -0.3 is 5.32 Å². The Balaban J connectivity index is 1.73. The zero-order valence-electron chi connectivity index (χ0n) is 10.1. The van der Waals surface area contributed by atoms with Crippen molar-refractivity contribution in [1.29, 1.82) is 0 Å². The van der Waals surface area contributed by atoms with Crippen LogP contribution in [0, 0.1) is 5.82 Å². The number of nitrogens with one attached hydrogen (secondary N) is 2. The Labute approximate surface area is 105 Å². The lowest BCUT2D eigenvalue weighted by molar-refractivity contribution is -0.139. The summed E-state index contributed by atoms with van der Waals surface area (Å²) in [6, 6.07) is 5.88. The van der Waals surface area contributed by atoms with Crippen LogP contribution in [0.25, 0.3) is 0 Å². The van der Waals surface area contributed by atoms with Crippen molar-refractivity contribution in [2.24, 2.45) is 0 Å². The van der Waals surface area contributed by atoms with Gasteiger partial charge in [0.2, 0.25) is 5.91 Å². The lowest BCUT2D eigenvalue weighted by atomic mass is 10.1. The first-order valence-corrected chi connectivity index (χ1v) is 6.14. The lowest BCUT2D eigenvalue weighted by Gasteiger charge is -2.22. The first-order chi connectivity index (χ1) is 8.74. The molecule has 18 heavy (non-hydrogen) atoms. The van der Waals surface area contributed by atoms with Gasteiger partial charge in [0.15, 0.2) is 0 Å². The molecule has 0 atom stereocenters. The maximum absolute atomic E-state index is 12.7. The van der Waals surface area contributed by atoms with Crippen molar-refractivity contribution in [2.45, 2.75) is 25.4 Å². The number of piperidine rings is 1. The van der Waals surface area contributed by atoms with Crippen LogP contribution in [0.3, 0.4) is 0 Å². The number of carbonyl (C=O) groups is 1. The lowest BCUT2D eigenvalue weighted by Crippen LogP contribution is -2.37. The van der Waals surface area contributed by atoms with Crippen molar-refractivity contribution in [3.63, 3.8) is 0 Å². The van der Waals surface area contributed by atoms with Gasteiger partial charge in [0, 0.05) is 0 Å². The predicted molar refractivity (Wildman–Crippen MR) is 65.2 cm³/mol. The largest absolute Gasteiger partial charge is 0.317 e. The number of benzene rings is 1. The Kier molecular flexibility index (Phi) is 4.66. The molecule has 1 heterocycles. The van der Waals surface area contributed by atoms with Gasteiger partial charge in [-0.25, -0.2) is 9.87 Å². The number of amides is 1. The van der Waals surface area contributed by atoms with Crippen molar-refractivity contribution in [3.05, 3.63) is 35.6 Å². The van der Waals surface area contributed by atoms with Crippen molar-refractivity contribution in [2.75, 3.05) is 13.1 Å². The maximum atomic E-state index is 12.7. The van der Waals surface area contributed by atoms with E-state index in [2.05, 4.69) is 10.8 Å². The summed E-state index contributed by atoms with van der Waals surface area (Å²) in [5, 5.41) is 3.22. The van der Waals surface area contributed by atoms with E-state index in [0.717, 1.165) is 31.5 Å². The van der Waals surface area contributed by atoms with Crippen LogP contribution >= 0.6 is 0 Å². The van der Waals surface area contributed by atoms with Gasteiger partial charge in [-0.2, -0.15) is 0 Å². The van der Waals surface area contributed by atoms with Crippen molar-refractivity contribution < 1.29 is 14.0 Å². The minimum atomic E-state index is -0.301. The number of hydrogen-bond acceptors (Lipinski definition) is 3. The summed E-state index contributed by atoms with van der Waals surface area (Å²) in [5.41, 5.74) is 3.22. The zero-order valence-corrected chi connectivity index (χ0v) is 10.1. The van der Waals surface area contributed by atoms with E-state index in [1.165, 1.54) is 12.1 Å². The van der Waals surface area contributed by atoms with E-state index < -0.39 is 0 Å². The predicted octanol–water partition coefficient (Wildman–Crippen LogP) is 1.17. The van der Waals surface area contributed by atoms with Gasteiger partial charge in [0.25, 0.3) is 0 Å². The fourth-order valence-electron chi connectivity index (χ4n) is 1.89. The topological polar surface area (TPSA) is 50.4 Å². The highest BCUT2D eigenvalue weighted by molar-refractivity contribution is 5.77. The Morgan fingerprint density at radius 2 is 2.00 bits per heavy atom. The standard InChI is InChI=1S/C13H17FN2O2/c14-11-3-1-10(2-4-11)9-13(17)16-18-12-5-7-15-8-6-12/h1-4,12,15H,5-9H2,(H,16,17). The summed E-state index contributed by atoms with van der Waals surface area (Å²) in [7, 11) is 0. The highest BCUT2D eigenvalue weighted by Gasteiger charge is 2.14. The van der Waals surface area contributed by atoms with Crippen LogP contribution < -0.4 is 10.8 Å². The van der Waals surface area contributed by atoms with Gasteiger partial charge >= 0.3 is 0 Å². The van der Waals surface area contributed by atoms with Crippen LogP contribution in [0.4, 0.5) is 4.39 Å². The molecule has 1 fully saturated rings. The van der Waals surface area contributed by atoms with Crippen LogP contribution in [-0.4, -0.2) is 25.1 Å². The minimum absolute atomic E-state index is 0.0865. The fourth-order valence-corrected chi connectivity index (χ4v) is 1.89. The fraction of sp³-hybridized carbons (Fsp3) is 0.462. The molecule has 2 N–H and O–H groups in total. The summed E-state index contributed by atoms with van der Waals surface area (Å²) in [6.07, 6.45) is 2.09. The molecule has 1 aromatic rings. The molecule has 1 aliphatic heterocycles. The van der Waals surface area contributed by atoms with Gasteiger partial charge in [-0.15, -0.1) is 0 Å². The molecule has 0 spiro atoms. The van der Waals surface area contributed by atoms with Gasteiger partial charge in [-0.3, -0.25) is 9.63 Å². The number of hydrogen-bond donors (Lipinski definition) is 2. The average Bonchev–Trinajstić information content (AvgIpc) is 2.40. The quantitative estimate of drug-likeness (QED) is 0.791. The van der Waals surface area contributed by atoms with E-state index in [-0.39, 0.29) is 24.2 Å². The molecule has 0 saturated carbocycles. The molecule has 0 bridgehead atoms. The van der Waals surface area contributed by atoms with Crippen molar-refractivity contribution in [1.82, 2.24) is 10.8 Å². The van der Waals surface area contributed by atoms with Crippen LogP contribution in [0.1, 0.15) is 18.4 Å². The molecular weight excluding hydrogens is 235 g/mol. The molecule has 1 amide bonds. The van der Waals surface area contributed by atoms with E-state index in [9.17, 15) is 9.18 Å². The van der Waals surface area contributed by atoms with Crippen molar-refractivity contribution in [3.8, 4) is 0 Å². The molecule has 0 aromatic heterocycles. The highest BCUT2D eigenvalue weighted by Crippen LogP contribution is 2.06. The number of carbonyl (C=O) groups excluding carboxylic acids is 1. The second kappa shape index (κ2) is 6.47. The Hall–Kier alpha value is -1.46. The van der Waals surface area contributed by atoms with Crippen LogP contribution in [0.2, 0.25) is 0 Å². The molecule has 98 valence electrons. The number of halogens is 1. The first-order valence-electron chi connectivity index (χ1n) is 6.14. The maximum Gasteiger partial charge on any atom is 0.247 e. The van der Waals surface area contributed by atoms with Gasteiger partial charge in [-0.05, 0) is 43.6 Å². The summed E-state index contributed by atoms with van der Waals surface area (Å²) in [4.78, 5) is 16.9. The third-order valence-corrected chi connectivity index (χ3v) is 2.90. The summed E-state index contributed by atoms with van der Waals surface area (Å²) >= 11 is 0. The summed E-state index contributed by atoms with van der Waals surface area (Å²) < 4.78 is 12.7. The van der Waals surface area contributed by atoms with E-state index in [4.69, 9.17) is 4.84 Å². The van der Waals surface area contributed by atoms with Crippen molar-refractivity contribution >= 4 is 5.91 Å². The Morgan fingerprint density at radius 1 is 1.33 bits per heavy atom. The molecule has 0 unspecified atom stereocenters. The van der Waals surface area contributed by atoms with Crippen LogP contribution in [-0.2, 0) is 16.1 Å². The summed E-state index contributed by atoms with van der Waals surface area (Å²) in [5.74, 6) is -0.509. The van der Waals surface area contributed by atoms with Crippen LogP contribution in [0.5, 0.6) is 0 Å². The second-order valence-corrected chi connectivity index (χ2v) is 4.40. The summed E-state index contributed by atoms with van der Waals surface area (Å²) in [6.45, 7) is 1.83. The van der Waals surface area contributed by atoms with E-state index in [1.54, 1.807) is 12.1 Å². The van der Waals surface area contributed by atoms with Gasteiger partial charge in [-0.1, -0.05) is 12.1 Å². The first kappa shape index (κ1) is 13.0. The Morgan fingerprint density at radius 3 is 2.67 bits per heavy atom. The molecule has 4 nitrogen and oxygen atoms in total. The molecule has 1 saturated heterocycles. The zero-order chi connectivity index (χ0) is 12.8. The molecule has 0 aliphatic carbocycles. The molecule has 5 heteroatoms. The average molecular weight is 252 g/mol. The highest BCUT2D eigenvalue weighted by atomic mass is 19.1. The van der Waals surface area contributed by atoms with Gasteiger partial charge in [0.05, 0.1) is 12.5 Å². The molecule has 1 aromatic carbocycles. The Bertz CT molecular complexity index is 388. The normalized spacial score (nSPS) is 16.5. The van der Waals surface area contributed by atoms with Gasteiger partial charge in [0.1, 0.15) is 5.82 Å². The molecule has 1 aliphatic rings.